The molecule has 0 unspecified atom stereocenters. The second kappa shape index (κ2) is 13.5. The van der Waals surface area contributed by atoms with Crippen molar-refractivity contribution in [3.63, 3.8) is 0 Å². The van der Waals surface area contributed by atoms with Crippen LogP contribution in [0, 0.1) is 11.8 Å². The molecule has 0 radical (unpaired) electrons. The van der Waals surface area contributed by atoms with Gasteiger partial charge < -0.3 is 14.9 Å². The summed E-state index contributed by atoms with van der Waals surface area (Å²) in [7, 11) is 1.12. The Morgan fingerprint density at radius 1 is 1.22 bits per heavy atom. The van der Waals surface area contributed by atoms with Crippen molar-refractivity contribution in [1.82, 2.24) is 0 Å². The van der Waals surface area contributed by atoms with E-state index >= 15 is 0 Å². The molecule has 1 rings (SSSR count). The third kappa shape index (κ3) is 9.76. The first kappa shape index (κ1) is 23.4. The SMILES string of the molecule is CCCCCCCCC=C[C@H]1C=CC[C@@H]1CC=C=CCC(O)(O)C(=O)OC. The fraction of sp³-hybridized carbons (Fsp3) is 0.652. The maximum atomic E-state index is 11.2. The summed E-state index contributed by atoms with van der Waals surface area (Å²) < 4.78 is 4.33. The lowest BCUT2D eigenvalue weighted by Crippen LogP contribution is -2.38. The van der Waals surface area contributed by atoms with Crippen molar-refractivity contribution in [2.45, 2.75) is 76.9 Å². The molecule has 2 N–H and O–H groups in total. The summed E-state index contributed by atoms with van der Waals surface area (Å²) in [6.45, 7) is 2.24. The largest absolute Gasteiger partial charge is 0.465 e. The van der Waals surface area contributed by atoms with Gasteiger partial charge in [0.1, 0.15) is 0 Å². The van der Waals surface area contributed by atoms with E-state index in [0.29, 0.717) is 11.8 Å². The van der Waals surface area contributed by atoms with Gasteiger partial charge in [0.15, 0.2) is 0 Å². The quantitative estimate of drug-likeness (QED) is 0.159. The molecule has 0 bridgehead atoms. The standard InChI is InChI=1S/C23H36O4/c1-3-4-5-6-7-8-9-11-15-20-17-14-18-21(20)16-12-10-13-19-23(25,26)22(24)27-2/h11-15,17,20-21,25-26H,3-9,16,18-19H2,1-2H3/t10?,20-,21-/m0/s1. The van der Waals surface area contributed by atoms with Crippen LogP contribution in [-0.2, 0) is 9.53 Å². The summed E-state index contributed by atoms with van der Waals surface area (Å²) >= 11 is 0. The third-order valence-corrected chi connectivity index (χ3v) is 4.98. The highest BCUT2D eigenvalue weighted by Crippen LogP contribution is 2.29. The van der Waals surface area contributed by atoms with Crippen LogP contribution >= 0.6 is 0 Å². The summed E-state index contributed by atoms with van der Waals surface area (Å²) in [5.74, 6) is -2.55. The van der Waals surface area contributed by atoms with Crippen LogP contribution in [0.5, 0.6) is 0 Å². The van der Waals surface area contributed by atoms with Crippen molar-refractivity contribution >= 4 is 5.97 Å². The third-order valence-electron chi connectivity index (χ3n) is 4.98. The van der Waals surface area contributed by atoms with Crippen LogP contribution in [0.2, 0.25) is 0 Å². The van der Waals surface area contributed by atoms with Crippen LogP contribution in [0.25, 0.3) is 0 Å². The molecule has 1 aliphatic carbocycles. The molecule has 0 heterocycles. The minimum absolute atomic E-state index is 0.235. The molecule has 4 heteroatoms. The van der Waals surface area contributed by atoms with Crippen molar-refractivity contribution < 1.29 is 19.7 Å². The Bertz CT molecular complexity index is 539. The Morgan fingerprint density at radius 3 is 2.70 bits per heavy atom. The van der Waals surface area contributed by atoms with Crippen LogP contribution < -0.4 is 0 Å². The molecule has 0 spiro atoms. The molecule has 0 amide bonds. The second-order valence-corrected chi connectivity index (χ2v) is 7.31. The van der Waals surface area contributed by atoms with Gasteiger partial charge >= 0.3 is 5.97 Å². The lowest BCUT2D eigenvalue weighted by Gasteiger charge is -2.15. The summed E-state index contributed by atoms with van der Waals surface area (Å²) in [6, 6.07) is 0. The van der Waals surface area contributed by atoms with Gasteiger partial charge in [-0.1, -0.05) is 63.3 Å². The molecular formula is C23H36O4. The van der Waals surface area contributed by atoms with E-state index in [1.165, 1.54) is 44.6 Å². The van der Waals surface area contributed by atoms with E-state index in [1.807, 2.05) is 6.08 Å². The van der Waals surface area contributed by atoms with Gasteiger partial charge in [-0.05, 0) is 49.7 Å². The van der Waals surface area contributed by atoms with Crippen molar-refractivity contribution in [1.29, 1.82) is 0 Å². The summed E-state index contributed by atoms with van der Waals surface area (Å²) in [5, 5.41) is 19.0. The number of allylic oxidation sites excluding steroid dienone is 4. The normalized spacial score (nSPS) is 19.3. The lowest BCUT2D eigenvalue weighted by atomic mass is 9.91. The number of ether oxygens (including phenoxy) is 1. The first-order chi connectivity index (χ1) is 13.0. The van der Waals surface area contributed by atoms with E-state index in [-0.39, 0.29) is 6.42 Å². The molecule has 4 nitrogen and oxygen atoms in total. The van der Waals surface area contributed by atoms with Crippen molar-refractivity contribution in [2.24, 2.45) is 11.8 Å². The summed E-state index contributed by atoms with van der Waals surface area (Å²) in [4.78, 5) is 11.2. The highest BCUT2D eigenvalue weighted by atomic mass is 16.6. The van der Waals surface area contributed by atoms with Gasteiger partial charge in [-0.15, -0.1) is 5.73 Å². The molecule has 0 saturated heterocycles. The Balaban J connectivity index is 2.29. The fourth-order valence-electron chi connectivity index (χ4n) is 3.25. The monoisotopic (exact) mass is 376 g/mol. The molecule has 0 fully saturated rings. The number of hydrogen-bond donors (Lipinski definition) is 2. The zero-order valence-electron chi connectivity index (χ0n) is 16.9. The smallest absolute Gasteiger partial charge is 0.366 e. The Labute approximate surface area is 164 Å². The maximum absolute atomic E-state index is 11.2. The number of esters is 1. The number of aliphatic hydroxyl groups is 2. The van der Waals surface area contributed by atoms with Crippen LogP contribution in [0.1, 0.15) is 71.1 Å². The van der Waals surface area contributed by atoms with E-state index in [4.69, 9.17) is 0 Å². The lowest BCUT2D eigenvalue weighted by molar-refractivity contribution is -0.205. The Kier molecular flexibility index (Phi) is 11.8. The summed E-state index contributed by atoms with van der Waals surface area (Å²) in [5.41, 5.74) is 2.94. The van der Waals surface area contributed by atoms with Gasteiger partial charge in [-0.25, -0.2) is 4.79 Å². The number of unbranched alkanes of at least 4 members (excludes halogenated alkanes) is 6. The Hall–Kier alpha value is -1.61. The zero-order chi connectivity index (χ0) is 20.0. The van der Waals surface area contributed by atoms with Crippen molar-refractivity contribution in [3.8, 4) is 0 Å². The number of carbonyl (C=O) groups is 1. The maximum Gasteiger partial charge on any atom is 0.366 e. The first-order valence-electron chi connectivity index (χ1n) is 10.3. The molecule has 2 atom stereocenters. The van der Waals surface area contributed by atoms with Gasteiger partial charge in [-0.3, -0.25) is 0 Å². The van der Waals surface area contributed by atoms with Gasteiger partial charge in [0.05, 0.1) is 7.11 Å². The van der Waals surface area contributed by atoms with Crippen LogP contribution in [0.4, 0.5) is 0 Å². The highest BCUT2D eigenvalue weighted by molar-refractivity contribution is 5.77. The number of hydrogen-bond acceptors (Lipinski definition) is 4. The van der Waals surface area contributed by atoms with Gasteiger partial charge in [0, 0.05) is 6.42 Å². The van der Waals surface area contributed by atoms with E-state index in [0.717, 1.165) is 26.4 Å². The number of carbonyl (C=O) groups excluding carboxylic acids is 1. The van der Waals surface area contributed by atoms with E-state index < -0.39 is 11.8 Å². The van der Waals surface area contributed by atoms with Gasteiger partial charge in [0.25, 0.3) is 5.79 Å². The molecule has 0 aliphatic heterocycles. The molecule has 0 aromatic heterocycles. The van der Waals surface area contributed by atoms with Crippen LogP contribution in [0.3, 0.4) is 0 Å². The average molecular weight is 377 g/mol. The molecule has 0 aromatic carbocycles. The predicted molar refractivity (Wildman–Crippen MR) is 109 cm³/mol. The van der Waals surface area contributed by atoms with Crippen LogP contribution in [-0.4, -0.2) is 29.1 Å². The highest BCUT2D eigenvalue weighted by Gasteiger charge is 2.32. The van der Waals surface area contributed by atoms with Crippen molar-refractivity contribution in [2.75, 3.05) is 7.11 Å². The molecule has 0 aromatic rings. The van der Waals surface area contributed by atoms with E-state index in [2.05, 4.69) is 41.7 Å². The molecule has 27 heavy (non-hydrogen) atoms. The summed E-state index contributed by atoms with van der Waals surface area (Å²) in [6.07, 6.45) is 23.3. The minimum Gasteiger partial charge on any atom is -0.465 e. The Morgan fingerprint density at radius 2 is 1.96 bits per heavy atom. The minimum atomic E-state index is -2.48. The first-order valence-corrected chi connectivity index (χ1v) is 10.3. The van der Waals surface area contributed by atoms with Crippen LogP contribution in [0.15, 0.2) is 42.2 Å². The average Bonchev–Trinajstić information content (AvgIpc) is 3.10. The molecule has 1 aliphatic rings. The molecule has 152 valence electrons. The number of rotatable bonds is 13. The fourth-order valence-corrected chi connectivity index (χ4v) is 3.25. The second-order valence-electron chi connectivity index (χ2n) is 7.31. The molecular weight excluding hydrogens is 340 g/mol. The van der Waals surface area contributed by atoms with E-state index in [1.54, 1.807) is 0 Å². The van der Waals surface area contributed by atoms with Gasteiger partial charge in [-0.2, -0.15) is 0 Å². The van der Waals surface area contributed by atoms with E-state index in [9.17, 15) is 15.0 Å². The number of methoxy groups -OCH3 is 1. The topological polar surface area (TPSA) is 66.8 Å². The zero-order valence-corrected chi connectivity index (χ0v) is 16.9. The predicted octanol–water partition coefficient (Wildman–Crippen LogP) is 4.83. The molecule has 0 saturated carbocycles. The van der Waals surface area contributed by atoms with Crippen molar-refractivity contribution in [3.05, 3.63) is 42.2 Å². The van der Waals surface area contributed by atoms with Gasteiger partial charge in [0.2, 0.25) is 0 Å².